The Hall–Kier alpha value is -2.99. The van der Waals surface area contributed by atoms with E-state index < -0.39 is 0 Å². The fourth-order valence-corrected chi connectivity index (χ4v) is 3.71. The number of nitrogens with zero attached hydrogens (tertiary/aromatic N) is 4. The molecule has 1 fully saturated rings. The lowest BCUT2D eigenvalue weighted by Crippen LogP contribution is -2.47. The Kier molecular flexibility index (Phi) is 5.45. The van der Waals surface area contributed by atoms with E-state index in [1.165, 1.54) is 12.0 Å². The lowest BCUT2D eigenvalue weighted by atomic mass is 10.1. The Morgan fingerprint density at radius 2 is 1.55 bits per heavy atom. The van der Waals surface area contributed by atoms with E-state index in [0.29, 0.717) is 23.1 Å². The molecule has 0 radical (unpaired) electrons. The fraction of sp³-hybridized carbons (Fsp3) is 0.273. The average Bonchev–Trinajstić information content (AvgIpc) is 2.74. The van der Waals surface area contributed by atoms with Gasteiger partial charge in [0, 0.05) is 36.9 Å². The number of nitrogen functional groups attached to an aromatic ring is 1. The maximum absolute atomic E-state index is 6.38. The molecule has 3 aromatic rings. The van der Waals surface area contributed by atoms with E-state index in [-0.39, 0.29) is 0 Å². The number of nitrogens with two attached hydrogens (primary N) is 1. The third-order valence-electron chi connectivity index (χ3n) is 5.15. The largest absolute Gasteiger partial charge is 0.437 e. The Bertz CT molecular complexity index is 980. The SMILES string of the molecule is Cc1cc(Oc2ncnc(N3CCN(c4ccccc4)CC3)c2N)cc(C)c1Cl. The predicted molar refractivity (Wildman–Crippen MR) is 118 cm³/mol. The highest BCUT2D eigenvalue weighted by Crippen LogP contribution is 2.34. The van der Waals surface area contributed by atoms with E-state index in [4.69, 9.17) is 22.1 Å². The highest BCUT2D eigenvalue weighted by Gasteiger charge is 2.22. The van der Waals surface area contributed by atoms with Gasteiger partial charge in [0.05, 0.1) is 0 Å². The number of hydrogen-bond donors (Lipinski definition) is 1. The van der Waals surface area contributed by atoms with Crippen LogP contribution < -0.4 is 20.3 Å². The number of anilines is 3. The summed E-state index contributed by atoms with van der Waals surface area (Å²) in [6, 6.07) is 14.2. The predicted octanol–water partition coefficient (Wildman–Crippen LogP) is 4.45. The van der Waals surface area contributed by atoms with Crippen LogP contribution in [0.5, 0.6) is 11.6 Å². The first-order valence-electron chi connectivity index (χ1n) is 9.63. The Balaban J connectivity index is 1.50. The van der Waals surface area contributed by atoms with E-state index in [9.17, 15) is 0 Å². The van der Waals surface area contributed by atoms with Gasteiger partial charge in [-0.15, -0.1) is 0 Å². The first kappa shape index (κ1) is 19.3. The number of halogens is 1. The molecular formula is C22H24ClN5O. The highest BCUT2D eigenvalue weighted by atomic mass is 35.5. The summed E-state index contributed by atoms with van der Waals surface area (Å²) in [5, 5.41) is 0.741. The molecule has 7 heteroatoms. The number of rotatable bonds is 4. The van der Waals surface area contributed by atoms with Gasteiger partial charge in [-0.05, 0) is 49.2 Å². The van der Waals surface area contributed by atoms with Gasteiger partial charge in [0.2, 0.25) is 5.88 Å². The van der Waals surface area contributed by atoms with Gasteiger partial charge in [-0.3, -0.25) is 0 Å². The van der Waals surface area contributed by atoms with Crippen molar-refractivity contribution in [3.63, 3.8) is 0 Å². The summed E-state index contributed by atoms with van der Waals surface area (Å²) in [6.45, 7) is 7.36. The lowest BCUT2D eigenvalue weighted by Gasteiger charge is -2.37. The monoisotopic (exact) mass is 409 g/mol. The molecule has 4 rings (SSSR count). The Morgan fingerprint density at radius 3 is 2.21 bits per heavy atom. The molecule has 1 aliphatic heterocycles. The molecule has 1 saturated heterocycles. The van der Waals surface area contributed by atoms with E-state index in [1.807, 2.05) is 32.0 Å². The lowest BCUT2D eigenvalue weighted by molar-refractivity contribution is 0.463. The minimum absolute atomic E-state index is 0.363. The molecular weight excluding hydrogens is 386 g/mol. The van der Waals surface area contributed by atoms with Gasteiger partial charge in [-0.2, -0.15) is 4.98 Å². The van der Waals surface area contributed by atoms with Crippen molar-refractivity contribution in [1.29, 1.82) is 0 Å². The third kappa shape index (κ3) is 4.07. The van der Waals surface area contributed by atoms with Gasteiger partial charge in [0.15, 0.2) is 5.82 Å². The van der Waals surface area contributed by atoms with Gasteiger partial charge in [0.1, 0.15) is 17.8 Å². The number of benzene rings is 2. The minimum atomic E-state index is 0.363. The molecule has 2 heterocycles. The van der Waals surface area contributed by atoms with Crippen molar-refractivity contribution in [3.8, 4) is 11.6 Å². The van der Waals surface area contributed by atoms with Crippen LogP contribution in [0.15, 0.2) is 48.8 Å². The molecule has 1 aliphatic rings. The van der Waals surface area contributed by atoms with Crippen molar-refractivity contribution in [2.75, 3.05) is 41.7 Å². The van der Waals surface area contributed by atoms with Crippen LogP contribution >= 0.6 is 11.6 Å². The van der Waals surface area contributed by atoms with E-state index in [0.717, 1.165) is 42.3 Å². The van der Waals surface area contributed by atoms with Crippen molar-refractivity contribution in [2.45, 2.75) is 13.8 Å². The minimum Gasteiger partial charge on any atom is -0.437 e. The molecule has 1 aromatic heterocycles. The molecule has 150 valence electrons. The van der Waals surface area contributed by atoms with Crippen LogP contribution in [-0.2, 0) is 0 Å². The van der Waals surface area contributed by atoms with Gasteiger partial charge >= 0.3 is 0 Å². The van der Waals surface area contributed by atoms with Crippen LogP contribution in [0.25, 0.3) is 0 Å². The normalized spacial score (nSPS) is 14.2. The number of aryl methyl sites for hydroxylation is 2. The summed E-state index contributed by atoms with van der Waals surface area (Å²) >= 11 is 6.25. The molecule has 0 spiro atoms. The number of aromatic nitrogens is 2. The first-order valence-corrected chi connectivity index (χ1v) is 10.0. The number of piperazine rings is 1. The number of para-hydroxylation sites is 1. The molecule has 2 aromatic carbocycles. The zero-order chi connectivity index (χ0) is 20.4. The van der Waals surface area contributed by atoms with Crippen LogP contribution in [0.2, 0.25) is 5.02 Å². The van der Waals surface area contributed by atoms with E-state index in [2.05, 4.69) is 44.0 Å². The topological polar surface area (TPSA) is 67.5 Å². The van der Waals surface area contributed by atoms with Crippen LogP contribution in [0.3, 0.4) is 0 Å². The van der Waals surface area contributed by atoms with Crippen molar-refractivity contribution in [2.24, 2.45) is 0 Å². The Labute approximate surface area is 175 Å². The molecule has 29 heavy (non-hydrogen) atoms. The van der Waals surface area contributed by atoms with Crippen LogP contribution in [0.1, 0.15) is 11.1 Å². The first-order chi connectivity index (χ1) is 14.0. The third-order valence-corrected chi connectivity index (χ3v) is 5.75. The van der Waals surface area contributed by atoms with E-state index in [1.54, 1.807) is 0 Å². The summed E-state index contributed by atoms with van der Waals surface area (Å²) in [4.78, 5) is 13.2. The zero-order valence-corrected chi connectivity index (χ0v) is 17.4. The quantitative estimate of drug-likeness (QED) is 0.686. The van der Waals surface area contributed by atoms with Crippen molar-refractivity contribution in [3.05, 3.63) is 64.9 Å². The van der Waals surface area contributed by atoms with Crippen LogP contribution in [0, 0.1) is 13.8 Å². The molecule has 2 N–H and O–H groups in total. The maximum Gasteiger partial charge on any atom is 0.248 e. The standard InChI is InChI=1S/C22H24ClN5O/c1-15-12-18(13-16(2)19(15)23)29-22-20(24)21(25-14-26-22)28-10-8-27(9-11-28)17-6-4-3-5-7-17/h3-7,12-14H,8-11,24H2,1-2H3. The zero-order valence-electron chi connectivity index (χ0n) is 16.6. The number of hydrogen-bond acceptors (Lipinski definition) is 6. The van der Waals surface area contributed by atoms with Crippen molar-refractivity contribution >= 4 is 28.8 Å². The van der Waals surface area contributed by atoms with Crippen LogP contribution in [0.4, 0.5) is 17.2 Å². The number of ether oxygens (including phenoxy) is 1. The summed E-state index contributed by atoms with van der Waals surface area (Å²) in [6.07, 6.45) is 1.50. The summed E-state index contributed by atoms with van der Waals surface area (Å²) in [7, 11) is 0. The molecule has 0 amide bonds. The molecule has 0 saturated carbocycles. The van der Waals surface area contributed by atoms with Gasteiger partial charge < -0.3 is 20.3 Å². The molecule has 0 atom stereocenters. The van der Waals surface area contributed by atoms with Crippen molar-refractivity contribution in [1.82, 2.24) is 9.97 Å². The summed E-state index contributed by atoms with van der Waals surface area (Å²) < 4.78 is 5.98. The molecule has 6 nitrogen and oxygen atoms in total. The molecule has 0 aliphatic carbocycles. The van der Waals surface area contributed by atoms with Gasteiger partial charge in [0.25, 0.3) is 0 Å². The maximum atomic E-state index is 6.38. The second kappa shape index (κ2) is 8.17. The van der Waals surface area contributed by atoms with E-state index >= 15 is 0 Å². The summed E-state index contributed by atoms with van der Waals surface area (Å²) in [5.74, 6) is 1.74. The van der Waals surface area contributed by atoms with Gasteiger partial charge in [-0.25, -0.2) is 4.98 Å². The average molecular weight is 410 g/mol. The summed E-state index contributed by atoms with van der Waals surface area (Å²) in [5.41, 5.74) is 9.97. The Morgan fingerprint density at radius 1 is 0.931 bits per heavy atom. The second-order valence-corrected chi connectivity index (χ2v) is 7.58. The highest BCUT2D eigenvalue weighted by molar-refractivity contribution is 6.32. The smallest absolute Gasteiger partial charge is 0.248 e. The fourth-order valence-electron chi connectivity index (χ4n) is 3.60. The van der Waals surface area contributed by atoms with Crippen LogP contribution in [-0.4, -0.2) is 36.1 Å². The van der Waals surface area contributed by atoms with Gasteiger partial charge in [-0.1, -0.05) is 29.8 Å². The second-order valence-electron chi connectivity index (χ2n) is 7.20. The molecule has 0 unspecified atom stereocenters. The molecule has 0 bridgehead atoms. The van der Waals surface area contributed by atoms with Crippen molar-refractivity contribution < 1.29 is 4.74 Å².